The first-order valence-electron chi connectivity index (χ1n) is 1.32. The molecule has 0 aromatic rings. The third-order valence-electron chi connectivity index (χ3n) is 0.289. The van der Waals surface area contributed by atoms with Gasteiger partial charge in [-0.25, -0.2) is 12.8 Å². The van der Waals surface area contributed by atoms with Gasteiger partial charge in [-0.05, 0) is 0 Å². The van der Waals surface area contributed by atoms with E-state index in [2.05, 4.69) is 6.42 Å². The Balaban J connectivity index is 0.0000000900. The van der Waals surface area contributed by atoms with E-state index in [0.29, 0.717) is 0 Å². The topological polar surface area (TPSA) is 0 Å². The van der Waals surface area contributed by atoms with Crippen molar-refractivity contribution < 1.29 is 19.8 Å². The molecule has 1 radical (unpaired) electrons. The first-order chi connectivity index (χ1) is 1.50. The van der Waals surface area contributed by atoms with Crippen LogP contribution in [-0.4, -0.2) is 0 Å². The van der Waals surface area contributed by atoms with Crippen molar-refractivity contribution in [2.75, 3.05) is 0 Å². The van der Waals surface area contributed by atoms with Gasteiger partial charge < -0.3 is 6.42 Å². The quantitative estimate of drug-likeness (QED) is 0.545. The molecular weight excluding hydrogens is 226 g/mol. The van der Waals surface area contributed by atoms with Gasteiger partial charge in [-0.1, -0.05) is 0 Å². The summed E-state index contributed by atoms with van der Waals surface area (Å²) in [6.45, 7) is 0. The average Bonchev–Trinajstić information content (AvgIpc) is 1.46. The van der Waals surface area contributed by atoms with E-state index in [1.807, 2.05) is 0 Å². The van der Waals surface area contributed by atoms with E-state index in [1.54, 1.807) is 0 Å². The Hall–Kier alpha value is 0.636. The van der Waals surface area contributed by atoms with Gasteiger partial charge in [-0.15, -0.1) is 0 Å². The molecule has 25 valence electrons. The standard InChI is InChI=1S/C3H5.Os/c1-2-3-1;/h1H,2-3H2;/q-1;+1. The van der Waals surface area contributed by atoms with E-state index in [1.165, 1.54) is 12.8 Å². The van der Waals surface area contributed by atoms with Crippen molar-refractivity contribution in [2.45, 2.75) is 12.8 Å². The molecule has 0 heterocycles. The molecule has 0 aliphatic heterocycles. The fourth-order valence-electron chi connectivity index (χ4n) is 0. The van der Waals surface area contributed by atoms with Gasteiger partial charge in [0, 0.05) is 0 Å². The van der Waals surface area contributed by atoms with E-state index < -0.39 is 0 Å². The Morgan fingerprint density at radius 3 is 1.50 bits per heavy atom. The molecule has 0 unspecified atom stereocenters. The zero-order chi connectivity index (χ0) is 2.12. The van der Waals surface area contributed by atoms with E-state index >= 15 is 0 Å². The van der Waals surface area contributed by atoms with Crippen molar-refractivity contribution >= 4 is 0 Å². The molecule has 0 aromatic heterocycles. The fraction of sp³-hybridized carbons (Fsp3) is 0.667. The van der Waals surface area contributed by atoms with Crippen LogP contribution in [0, 0.1) is 6.42 Å². The van der Waals surface area contributed by atoms with Crippen LogP contribution in [0.25, 0.3) is 0 Å². The summed E-state index contributed by atoms with van der Waals surface area (Å²) in [5.74, 6) is 0. The smallest absolute Gasteiger partial charge is 0.333 e. The minimum Gasteiger partial charge on any atom is -0.333 e. The molecule has 4 heavy (non-hydrogen) atoms. The first-order valence-corrected chi connectivity index (χ1v) is 1.32. The van der Waals surface area contributed by atoms with E-state index in [9.17, 15) is 0 Å². The molecule has 0 nitrogen and oxygen atoms in total. The Labute approximate surface area is 39.6 Å². The maximum atomic E-state index is 2.25. The van der Waals surface area contributed by atoms with Gasteiger partial charge >= 0.3 is 19.8 Å². The van der Waals surface area contributed by atoms with Crippen molar-refractivity contribution in [2.24, 2.45) is 0 Å². The molecule has 0 saturated heterocycles. The Morgan fingerprint density at radius 2 is 1.50 bits per heavy atom. The Morgan fingerprint density at radius 1 is 1.25 bits per heavy atom. The number of rotatable bonds is 0. The van der Waals surface area contributed by atoms with Gasteiger partial charge in [0.25, 0.3) is 0 Å². The number of hydrogen-bond acceptors (Lipinski definition) is 0. The minimum absolute atomic E-state index is 0. The zero-order valence-electron chi connectivity index (χ0n) is 2.35. The van der Waals surface area contributed by atoms with Crippen LogP contribution in [0.1, 0.15) is 12.8 Å². The molecule has 0 aromatic carbocycles. The Kier molecular flexibility index (Phi) is 2.22. The predicted octanol–water partition coefficient (Wildman–Crippen LogP) is 0.982. The zero-order valence-corrected chi connectivity index (χ0v) is 4.89. The molecule has 1 rings (SSSR count). The summed E-state index contributed by atoms with van der Waals surface area (Å²) < 4.78 is 0. The van der Waals surface area contributed by atoms with Gasteiger partial charge in [0.05, 0.1) is 0 Å². The normalized spacial score (nSPS) is 18.0. The van der Waals surface area contributed by atoms with Crippen LogP contribution in [0.15, 0.2) is 0 Å². The molecule has 1 fully saturated rings. The minimum atomic E-state index is 0. The maximum absolute atomic E-state index is 2.25. The van der Waals surface area contributed by atoms with E-state index in [-0.39, 0.29) is 19.8 Å². The van der Waals surface area contributed by atoms with E-state index in [0.717, 1.165) is 0 Å². The van der Waals surface area contributed by atoms with Crippen LogP contribution >= 0.6 is 0 Å². The van der Waals surface area contributed by atoms with Crippen molar-refractivity contribution in [3.05, 3.63) is 6.42 Å². The third-order valence-corrected chi connectivity index (χ3v) is 0.289. The predicted molar refractivity (Wildman–Crippen MR) is 13.5 cm³/mol. The molecule has 0 amide bonds. The summed E-state index contributed by atoms with van der Waals surface area (Å²) >= 11 is 0. The Bertz CT molecular complexity index is 8.00. The van der Waals surface area contributed by atoms with Crippen LogP contribution in [0.4, 0.5) is 0 Å². The van der Waals surface area contributed by atoms with Crippen LogP contribution in [0.5, 0.6) is 0 Å². The van der Waals surface area contributed by atoms with Gasteiger partial charge in [0.1, 0.15) is 0 Å². The second-order valence-electron chi connectivity index (χ2n) is 0.866. The van der Waals surface area contributed by atoms with Crippen LogP contribution in [0.3, 0.4) is 0 Å². The maximum Gasteiger partial charge on any atom is 1.00 e. The summed E-state index contributed by atoms with van der Waals surface area (Å²) in [5.41, 5.74) is 0. The van der Waals surface area contributed by atoms with Crippen molar-refractivity contribution in [3.8, 4) is 0 Å². The van der Waals surface area contributed by atoms with Crippen molar-refractivity contribution in [1.29, 1.82) is 0 Å². The molecule has 0 atom stereocenters. The van der Waals surface area contributed by atoms with Crippen molar-refractivity contribution in [3.63, 3.8) is 0 Å². The molecule has 0 N–H and O–H groups in total. The van der Waals surface area contributed by atoms with Crippen LogP contribution < -0.4 is 0 Å². The average molecular weight is 231 g/mol. The molecule has 1 saturated carbocycles. The SMILES string of the molecule is [CH-]1CC1.[Os+]. The number of hydrogen-bond donors (Lipinski definition) is 0. The first kappa shape index (κ1) is 4.64. The summed E-state index contributed by atoms with van der Waals surface area (Å²) in [7, 11) is 0. The summed E-state index contributed by atoms with van der Waals surface area (Å²) in [5, 5.41) is 0. The van der Waals surface area contributed by atoms with Crippen LogP contribution in [-0.2, 0) is 19.8 Å². The summed E-state index contributed by atoms with van der Waals surface area (Å²) in [6.07, 6.45) is 5.00. The van der Waals surface area contributed by atoms with Gasteiger partial charge in [0.2, 0.25) is 0 Å². The molecule has 1 aliphatic carbocycles. The fourth-order valence-corrected chi connectivity index (χ4v) is 0. The van der Waals surface area contributed by atoms with E-state index in [4.69, 9.17) is 0 Å². The largest absolute Gasteiger partial charge is 1.00 e. The van der Waals surface area contributed by atoms with Gasteiger partial charge in [-0.3, -0.25) is 0 Å². The summed E-state index contributed by atoms with van der Waals surface area (Å²) in [6, 6.07) is 0. The molecule has 0 spiro atoms. The van der Waals surface area contributed by atoms with Gasteiger partial charge in [0.15, 0.2) is 0 Å². The molecule has 0 bridgehead atoms. The second-order valence-corrected chi connectivity index (χ2v) is 0.866. The monoisotopic (exact) mass is 233 g/mol. The summed E-state index contributed by atoms with van der Waals surface area (Å²) in [4.78, 5) is 0. The van der Waals surface area contributed by atoms with Crippen LogP contribution in [0.2, 0.25) is 0 Å². The van der Waals surface area contributed by atoms with Gasteiger partial charge in [-0.2, -0.15) is 0 Å². The second kappa shape index (κ2) is 1.91. The van der Waals surface area contributed by atoms with Crippen molar-refractivity contribution in [1.82, 2.24) is 0 Å². The molecular formula is C3H5Os. The third kappa shape index (κ3) is 2.64. The molecule has 1 aliphatic rings. The molecule has 1 heteroatoms.